The average molecular weight is 532 g/mol. The number of ether oxygens (including phenoxy) is 1. The molecule has 1 fully saturated rings. The Morgan fingerprint density at radius 1 is 1.10 bits per heavy atom. The maximum Gasteiger partial charge on any atom is 0.350 e. The van der Waals surface area contributed by atoms with E-state index in [-0.39, 0.29) is 45.4 Å². The number of nitro groups is 1. The Morgan fingerprint density at radius 2 is 1.87 bits per heavy atom. The SMILES string of the molecule is O=C(O)c1ccc(CN2CC(Cc3coc4cc(OC(=O)c5ccccc5[N+](=O)[O-])ccc4c3=O)OO2)cc1. The average Bonchev–Trinajstić information content (AvgIpc) is 3.37. The molecule has 0 amide bonds. The molecule has 1 atom stereocenters. The maximum absolute atomic E-state index is 13.0. The first-order valence-electron chi connectivity index (χ1n) is 11.7. The van der Waals surface area contributed by atoms with Crippen LogP contribution in [0.1, 0.15) is 31.8 Å². The van der Waals surface area contributed by atoms with Gasteiger partial charge in [-0.1, -0.05) is 24.3 Å². The second-order valence-corrected chi connectivity index (χ2v) is 8.73. The Morgan fingerprint density at radius 3 is 2.62 bits per heavy atom. The molecule has 0 bridgehead atoms. The largest absolute Gasteiger partial charge is 0.478 e. The number of hydrogen-bond donors (Lipinski definition) is 1. The van der Waals surface area contributed by atoms with Gasteiger partial charge in [0, 0.05) is 24.1 Å². The highest BCUT2D eigenvalue weighted by atomic mass is 17.3. The second kappa shape index (κ2) is 10.8. The van der Waals surface area contributed by atoms with E-state index >= 15 is 0 Å². The molecule has 39 heavy (non-hydrogen) atoms. The molecule has 0 aliphatic carbocycles. The lowest BCUT2D eigenvalue weighted by molar-refractivity contribution is -0.385. The number of esters is 1. The van der Waals surface area contributed by atoms with Gasteiger partial charge >= 0.3 is 11.9 Å². The Bertz CT molecular complexity index is 1630. The third-order valence-electron chi connectivity index (χ3n) is 6.05. The standard InChI is InChI=1S/C27H20N2O10/c30-25-18(11-20-14-28(39-38-20)13-16-5-7-17(8-6-16)26(31)32)15-36-24-12-19(9-10-22(24)25)37-27(33)21-3-1-2-4-23(21)29(34)35/h1-10,12,15,20H,11,13-14H2,(H,31,32). The topological polar surface area (TPSA) is 159 Å². The molecular formula is C27H20N2O10. The van der Waals surface area contributed by atoms with Crippen molar-refractivity contribution in [3.63, 3.8) is 0 Å². The molecule has 0 radical (unpaired) electrons. The monoisotopic (exact) mass is 532 g/mol. The Balaban J connectivity index is 1.24. The van der Waals surface area contributed by atoms with Gasteiger partial charge in [-0.15, -0.1) is 10.1 Å². The summed E-state index contributed by atoms with van der Waals surface area (Å²) in [5.41, 5.74) is 0.660. The van der Waals surface area contributed by atoms with Crippen LogP contribution in [0, 0.1) is 10.1 Å². The summed E-state index contributed by atoms with van der Waals surface area (Å²) in [5, 5.41) is 22.0. The number of nitro benzene ring substituents is 1. The normalized spacial score (nSPS) is 15.3. The van der Waals surface area contributed by atoms with Crippen molar-refractivity contribution in [2.75, 3.05) is 6.54 Å². The lowest BCUT2D eigenvalue weighted by atomic mass is 10.1. The van der Waals surface area contributed by atoms with Gasteiger partial charge in [-0.05, 0) is 35.9 Å². The Labute approximate surface area is 219 Å². The first-order chi connectivity index (χ1) is 18.8. The van der Waals surface area contributed by atoms with Crippen molar-refractivity contribution >= 4 is 28.6 Å². The summed E-state index contributed by atoms with van der Waals surface area (Å²) in [6.45, 7) is 0.717. The van der Waals surface area contributed by atoms with E-state index < -0.39 is 23.0 Å². The molecule has 12 nitrogen and oxygen atoms in total. The summed E-state index contributed by atoms with van der Waals surface area (Å²) >= 11 is 0. The molecule has 12 heteroatoms. The number of fused-ring (bicyclic) bond motifs is 1. The van der Waals surface area contributed by atoms with E-state index in [0.717, 1.165) is 5.56 Å². The highest BCUT2D eigenvalue weighted by molar-refractivity contribution is 5.95. The van der Waals surface area contributed by atoms with Crippen molar-refractivity contribution in [1.29, 1.82) is 0 Å². The number of hydroxylamine groups is 2. The van der Waals surface area contributed by atoms with Crippen LogP contribution in [0.3, 0.4) is 0 Å². The quantitative estimate of drug-likeness (QED) is 0.115. The summed E-state index contributed by atoms with van der Waals surface area (Å²) in [6.07, 6.45) is 1.06. The number of rotatable bonds is 8. The van der Waals surface area contributed by atoms with Crippen LogP contribution in [-0.2, 0) is 22.8 Å². The number of benzene rings is 3. The van der Waals surface area contributed by atoms with Crippen molar-refractivity contribution in [2.24, 2.45) is 0 Å². The van der Waals surface area contributed by atoms with Crippen molar-refractivity contribution in [3.05, 3.63) is 116 Å². The number of carboxylic acid groups (broad SMARTS) is 1. The zero-order valence-electron chi connectivity index (χ0n) is 20.1. The van der Waals surface area contributed by atoms with E-state index in [1.54, 1.807) is 17.2 Å². The van der Waals surface area contributed by atoms with Gasteiger partial charge < -0.3 is 14.3 Å². The highest BCUT2D eigenvalue weighted by Gasteiger charge is 2.27. The van der Waals surface area contributed by atoms with Gasteiger partial charge in [0.05, 0.1) is 35.2 Å². The van der Waals surface area contributed by atoms with E-state index in [1.807, 2.05) is 0 Å². The zero-order chi connectivity index (χ0) is 27.5. The molecule has 5 rings (SSSR count). The summed E-state index contributed by atoms with van der Waals surface area (Å²) < 4.78 is 10.9. The Hall–Kier alpha value is -4.91. The van der Waals surface area contributed by atoms with Crippen LogP contribution in [0.25, 0.3) is 11.0 Å². The van der Waals surface area contributed by atoms with Gasteiger partial charge in [0.2, 0.25) is 0 Å². The van der Waals surface area contributed by atoms with E-state index in [9.17, 15) is 24.5 Å². The number of para-hydroxylation sites is 1. The van der Waals surface area contributed by atoms with Crippen LogP contribution in [0.2, 0.25) is 0 Å². The molecule has 1 aromatic heterocycles. The molecule has 1 aliphatic heterocycles. The molecule has 1 aliphatic rings. The number of carboxylic acids is 1. The third kappa shape index (κ3) is 5.67. The van der Waals surface area contributed by atoms with E-state index in [0.29, 0.717) is 18.7 Å². The number of carbonyl (C=O) groups excluding carboxylic acids is 1. The molecule has 0 spiro atoms. The molecular weight excluding hydrogens is 512 g/mol. The summed E-state index contributed by atoms with van der Waals surface area (Å²) in [4.78, 5) is 57.7. The molecule has 198 valence electrons. The Kier molecular flexibility index (Phi) is 7.14. The predicted octanol–water partition coefficient (Wildman–Crippen LogP) is 3.91. The van der Waals surface area contributed by atoms with Gasteiger partial charge in [-0.25, -0.2) is 14.5 Å². The number of aromatic carboxylic acids is 1. The second-order valence-electron chi connectivity index (χ2n) is 8.73. The number of hydrogen-bond acceptors (Lipinski definition) is 10. The van der Waals surface area contributed by atoms with Gasteiger partial charge in [-0.3, -0.25) is 14.9 Å². The summed E-state index contributed by atoms with van der Waals surface area (Å²) in [5.74, 6) is -1.87. The van der Waals surface area contributed by atoms with Crippen LogP contribution in [-0.4, -0.2) is 39.7 Å². The van der Waals surface area contributed by atoms with Gasteiger partial charge in [0.1, 0.15) is 23.0 Å². The first kappa shape index (κ1) is 25.7. The van der Waals surface area contributed by atoms with E-state index in [2.05, 4.69) is 0 Å². The van der Waals surface area contributed by atoms with E-state index in [4.69, 9.17) is 24.1 Å². The van der Waals surface area contributed by atoms with Crippen LogP contribution in [0.15, 0.2) is 82.2 Å². The fraction of sp³-hybridized carbons (Fsp3) is 0.148. The number of nitrogens with zero attached hydrogens (tertiary/aromatic N) is 2. The zero-order valence-corrected chi connectivity index (χ0v) is 20.1. The minimum atomic E-state index is -1.01. The smallest absolute Gasteiger partial charge is 0.350 e. The van der Waals surface area contributed by atoms with Crippen LogP contribution >= 0.6 is 0 Å². The molecule has 1 unspecified atom stereocenters. The van der Waals surface area contributed by atoms with E-state index in [1.165, 1.54) is 60.9 Å². The van der Waals surface area contributed by atoms with Crippen molar-refractivity contribution in [3.8, 4) is 5.75 Å². The summed E-state index contributed by atoms with van der Waals surface area (Å²) in [7, 11) is 0. The fourth-order valence-corrected chi connectivity index (χ4v) is 4.12. The molecule has 1 N–H and O–H groups in total. The van der Waals surface area contributed by atoms with Gasteiger partial charge in [0.15, 0.2) is 5.43 Å². The maximum atomic E-state index is 13.0. The highest BCUT2D eigenvalue weighted by Crippen LogP contribution is 2.24. The lowest BCUT2D eigenvalue weighted by Gasteiger charge is -2.11. The fourth-order valence-electron chi connectivity index (χ4n) is 4.12. The molecule has 2 heterocycles. The lowest BCUT2D eigenvalue weighted by Crippen LogP contribution is -2.24. The van der Waals surface area contributed by atoms with Crippen molar-refractivity contribution < 1.29 is 38.6 Å². The van der Waals surface area contributed by atoms with Crippen LogP contribution < -0.4 is 10.2 Å². The van der Waals surface area contributed by atoms with Crippen molar-refractivity contribution in [1.82, 2.24) is 5.06 Å². The predicted molar refractivity (Wildman–Crippen MR) is 134 cm³/mol. The van der Waals surface area contributed by atoms with Gasteiger partial charge in [0.25, 0.3) is 5.69 Å². The molecule has 0 saturated carbocycles. The van der Waals surface area contributed by atoms with Crippen LogP contribution in [0.5, 0.6) is 5.75 Å². The molecule has 3 aromatic carbocycles. The minimum Gasteiger partial charge on any atom is -0.478 e. The minimum absolute atomic E-state index is 0.0566. The third-order valence-corrected chi connectivity index (χ3v) is 6.05. The first-order valence-corrected chi connectivity index (χ1v) is 11.7. The van der Waals surface area contributed by atoms with Crippen LogP contribution in [0.4, 0.5) is 5.69 Å². The molecule has 1 saturated heterocycles. The molecule has 4 aromatic rings. The van der Waals surface area contributed by atoms with Gasteiger partial charge in [-0.2, -0.15) is 0 Å². The summed E-state index contributed by atoms with van der Waals surface area (Å²) in [6, 6.07) is 16.0. The number of carbonyl (C=O) groups is 2. The van der Waals surface area contributed by atoms with Crippen molar-refractivity contribution in [2.45, 2.75) is 19.1 Å².